The van der Waals surface area contributed by atoms with Crippen molar-refractivity contribution < 1.29 is 0 Å². The Morgan fingerprint density at radius 2 is 1.27 bits per heavy atom. The van der Waals surface area contributed by atoms with Gasteiger partial charge in [-0.15, -0.1) is 0 Å². The molecule has 2 heterocycles. The number of nitrogen functional groups attached to an aromatic ring is 1. The average Bonchev–Trinajstić information content (AvgIpc) is 2.86. The third-order valence-corrected chi connectivity index (χ3v) is 5.19. The SMILES string of the molecule is CC.CC.CCCC.Cc1ccc(CCc2cnc3c(N)nc4cc(C)ccc4c3c2)cc1. The molecule has 2 N–H and O–H groups in total. The maximum absolute atomic E-state index is 6.13. The minimum atomic E-state index is 0.498. The largest absolute Gasteiger partial charge is 0.382 e. The van der Waals surface area contributed by atoms with Crippen LogP contribution >= 0.6 is 0 Å². The lowest BCUT2D eigenvalue weighted by Crippen LogP contribution is -1.98. The summed E-state index contributed by atoms with van der Waals surface area (Å²) in [6, 6.07) is 17.2. The maximum Gasteiger partial charge on any atom is 0.150 e. The monoisotopic (exact) mass is 445 g/mol. The van der Waals surface area contributed by atoms with Gasteiger partial charge in [0, 0.05) is 17.0 Å². The minimum absolute atomic E-state index is 0.498. The van der Waals surface area contributed by atoms with Crippen LogP contribution in [0.15, 0.2) is 54.7 Å². The molecule has 0 aliphatic heterocycles. The summed E-state index contributed by atoms with van der Waals surface area (Å²) < 4.78 is 0. The normalized spacial score (nSPS) is 9.82. The number of fused-ring (bicyclic) bond motifs is 3. The van der Waals surface area contributed by atoms with E-state index in [0.717, 1.165) is 34.6 Å². The van der Waals surface area contributed by atoms with Crippen LogP contribution < -0.4 is 5.73 Å². The fourth-order valence-corrected chi connectivity index (χ4v) is 3.24. The zero-order valence-electron chi connectivity index (χ0n) is 22.0. The second-order valence-corrected chi connectivity index (χ2v) is 7.74. The highest BCUT2D eigenvalue weighted by atomic mass is 14.9. The van der Waals surface area contributed by atoms with E-state index >= 15 is 0 Å². The summed E-state index contributed by atoms with van der Waals surface area (Å²) in [4.78, 5) is 9.10. The molecule has 0 radical (unpaired) electrons. The van der Waals surface area contributed by atoms with Gasteiger partial charge in [-0.1, -0.05) is 96.3 Å². The van der Waals surface area contributed by atoms with Crippen LogP contribution in [0, 0.1) is 13.8 Å². The van der Waals surface area contributed by atoms with Crippen molar-refractivity contribution in [2.45, 2.75) is 81.1 Å². The number of benzene rings is 2. The first-order chi connectivity index (χ1) is 16.0. The highest BCUT2D eigenvalue weighted by molar-refractivity contribution is 6.08. The van der Waals surface area contributed by atoms with Crippen molar-refractivity contribution in [3.8, 4) is 0 Å². The molecule has 0 spiro atoms. The number of nitrogens with two attached hydrogens (primary N) is 1. The number of nitrogens with zero attached hydrogens (tertiary/aromatic N) is 2. The van der Waals surface area contributed by atoms with Crippen LogP contribution in [0.3, 0.4) is 0 Å². The number of anilines is 1. The molecule has 0 fully saturated rings. The Morgan fingerprint density at radius 3 is 1.88 bits per heavy atom. The van der Waals surface area contributed by atoms with Gasteiger partial charge in [-0.25, -0.2) is 4.98 Å². The van der Waals surface area contributed by atoms with Gasteiger partial charge in [-0.05, 0) is 55.5 Å². The molecule has 3 nitrogen and oxygen atoms in total. The topological polar surface area (TPSA) is 51.8 Å². The van der Waals surface area contributed by atoms with E-state index in [0.29, 0.717) is 5.82 Å². The molecule has 178 valence electrons. The number of pyridine rings is 2. The van der Waals surface area contributed by atoms with Crippen LogP contribution in [0.2, 0.25) is 0 Å². The lowest BCUT2D eigenvalue weighted by molar-refractivity contribution is 0.886. The lowest BCUT2D eigenvalue weighted by Gasteiger charge is -2.09. The third-order valence-electron chi connectivity index (χ3n) is 5.19. The fourth-order valence-electron chi connectivity index (χ4n) is 3.24. The third kappa shape index (κ3) is 8.16. The maximum atomic E-state index is 6.13. The van der Waals surface area contributed by atoms with E-state index in [1.807, 2.05) is 33.9 Å². The summed E-state index contributed by atoms with van der Waals surface area (Å²) in [7, 11) is 0. The van der Waals surface area contributed by atoms with Crippen molar-refractivity contribution >= 4 is 27.6 Å². The van der Waals surface area contributed by atoms with Crippen molar-refractivity contribution in [1.29, 1.82) is 0 Å². The Kier molecular flexibility index (Phi) is 12.8. The molecular formula is C30H43N3. The van der Waals surface area contributed by atoms with Gasteiger partial charge in [0.15, 0.2) is 5.82 Å². The Bertz CT molecular complexity index is 1100. The van der Waals surface area contributed by atoms with Gasteiger partial charge in [0.1, 0.15) is 5.52 Å². The number of aryl methyl sites for hydroxylation is 4. The zero-order valence-corrected chi connectivity index (χ0v) is 22.0. The van der Waals surface area contributed by atoms with Crippen molar-refractivity contribution in [3.05, 3.63) is 77.0 Å². The quantitative estimate of drug-likeness (QED) is 0.320. The molecule has 0 aliphatic carbocycles. The second-order valence-electron chi connectivity index (χ2n) is 7.74. The fraction of sp³-hybridized carbons (Fsp3) is 0.400. The van der Waals surface area contributed by atoms with Gasteiger partial charge in [0.25, 0.3) is 0 Å². The van der Waals surface area contributed by atoms with Gasteiger partial charge in [-0.2, -0.15) is 0 Å². The molecule has 2 aromatic heterocycles. The summed E-state index contributed by atoms with van der Waals surface area (Å²) in [6.07, 6.45) is 6.53. The standard InChI is InChI=1S/C22H21N3.C4H10.2C2H6/c1-14-3-6-16(7-4-14)8-9-17-12-19-18-10-5-15(2)11-20(18)25-22(23)21(19)24-13-17;1-3-4-2;2*1-2/h3-7,10-13H,8-9H2,1-2H3,(H2,23,25);3-4H2,1-2H3;2*1-2H3. The van der Waals surface area contributed by atoms with E-state index in [4.69, 9.17) is 5.73 Å². The molecule has 4 rings (SSSR count). The van der Waals surface area contributed by atoms with Crippen LogP contribution in [-0.2, 0) is 12.8 Å². The Labute approximate surface area is 201 Å². The van der Waals surface area contributed by atoms with Crippen LogP contribution in [0.4, 0.5) is 5.82 Å². The lowest BCUT2D eigenvalue weighted by atomic mass is 10.0. The molecule has 3 heteroatoms. The molecule has 4 aromatic rings. The summed E-state index contributed by atoms with van der Waals surface area (Å²) in [5, 5.41) is 2.20. The molecule has 2 aromatic carbocycles. The zero-order chi connectivity index (χ0) is 24.8. The number of hydrogen-bond acceptors (Lipinski definition) is 3. The van der Waals surface area contributed by atoms with Gasteiger partial charge in [0.2, 0.25) is 0 Å². The van der Waals surface area contributed by atoms with E-state index in [-0.39, 0.29) is 0 Å². The molecule has 0 saturated carbocycles. The first kappa shape index (κ1) is 28.1. The molecule has 0 atom stereocenters. The van der Waals surface area contributed by atoms with Crippen LogP contribution in [0.5, 0.6) is 0 Å². The Hall–Kier alpha value is -2.94. The van der Waals surface area contributed by atoms with Gasteiger partial charge >= 0.3 is 0 Å². The Balaban J connectivity index is 0.000000605. The number of unbranched alkanes of at least 4 members (excludes halogenated alkanes) is 1. The molecule has 0 saturated heterocycles. The van der Waals surface area contributed by atoms with Crippen molar-refractivity contribution in [2.75, 3.05) is 5.73 Å². The predicted molar refractivity (Wildman–Crippen MR) is 148 cm³/mol. The van der Waals surface area contributed by atoms with E-state index in [2.05, 4.69) is 86.2 Å². The van der Waals surface area contributed by atoms with E-state index in [9.17, 15) is 0 Å². The smallest absolute Gasteiger partial charge is 0.150 e. The number of hydrogen-bond donors (Lipinski definition) is 1. The first-order valence-corrected chi connectivity index (χ1v) is 12.5. The summed E-state index contributed by atoms with van der Waals surface area (Å²) in [5.41, 5.74) is 12.9. The first-order valence-electron chi connectivity index (χ1n) is 12.5. The molecule has 0 amide bonds. The number of aromatic nitrogens is 2. The minimum Gasteiger partial charge on any atom is -0.382 e. The van der Waals surface area contributed by atoms with E-state index < -0.39 is 0 Å². The van der Waals surface area contributed by atoms with Crippen molar-refractivity contribution in [2.24, 2.45) is 0 Å². The average molecular weight is 446 g/mol. The highest BCUT2D eigenvalue weighted by Crippen LogP contribution is 2.28. The highest BCUT2D eigenvalue weighted by Gasteiger charge is 2.09. The van der Waals surface area contributed by atoms with Crippen molar-refractivity contribution in [3.63, 3.8) is 0 Å². The van der Waals surface area contributed by atoms with Crippen LogP contribution in [0.1, 0.15) is 76.6 Å². The summed E-state index contributed by atoms with van der Waals surface area (Å²) in [6.45, 7) is 16.5. The Morgan fingerprint density at radius 1 is 0.697 bits per heavy atom. The van der Waals surface area contributed by atoms with E-state index in [1.165, 1.54) is 35.1 Å². The van der Waals surface area contributed by atoms with Gasteiger partial charge in [0.05, 0.1) is 5.52 Å². The molecule has 33 heavy (non-hydrogen) atoms. The number of rotatable bonds is 4. The summed E-state index contributed by atoms with van der Waals surface area (Å²) in [5.74, 6) is 0.498. The van der Waals surface area contributed by atoms with E-state index in [1.54, 1.807) is 0 Å². The molecule has 0 bridgehead atoms. The van der Waals surface area contributed by atoms with Crippen LogP contribution in [-0.4, -0.2) is 9.97 Å². The molecule has 0 unspecified atom stereocenters. The van der Waals surface area contributed by atoms with Gasteiger partial charge in [-0.3, -0.25) is 4.98 Å². The predicted octanol–water partition coefficient (Wildman–Crippen LogP) is 8.63. The molecule has 0 aliphatic rings. The van der Waals surface area contributed by atoms with Gasteiger partial charge < -0.3 is 5.73 Å². The van der Waals surface area contributed by atoms with Crippen molar-refractivity contribution in [1.82, 2.24) is 9.97 Å². The molecular weight excluding hydrogens is 402 g/mol. The summed E-state index contributed by atoms with van der Waals surface area (Å²) >= 11 is 0. The second kappa shape index (κ2) is 15.0. The van der Waals surface area contributed by atoms with Crippen LogP contribution in [0.25, 0.3) is 21.8 Å².